The van der Waals surface area contributed by atoms with Crippen LogP contribution in [0, 0.1) is 19.3 Å². The van der Waals surface area contributed by atoms with Crippen molar-refractivity contribution in [2.24, 2.45) is 0 Å². The Morgan fingerprint density at radius 1 is 1.76 bits per heavy atom. The largest absolute Gasteiger partial charge is 0.480 e. The van der Waals surface area contributed by atoms with Crippen LogP contribution in [0.5, 0.6) is 0 Å². The van der Waals surface area contributed by atoms with Crippen LogP contribution < -0.4 is 4.72 Å². The van der Waals surface area contributed by atoms with Crippen LogP contribution >= 0.6 is 11.3 Å². The molecule has 0 aliphatic carbocycles. The third kappa shape index (κ3) is 3.52. The van der Waals surface area contributed by atoms with E-state index >= 15 is 0 Å². The maximum Gasteiger partial charge on any atom is 0.322 e. The number of hydrogen-bond donors (Lipinski definition) is 2. The molecule has 6 nitrogen and oxygen atoms in total. The molecule has 0 aromatic carbocycles. The molecule has 2 N–H and O–H groups in total. The highest BCUT2D eigenvalue weighted by Crippen LogP contribution is 2.18. The molecule has 17 heavy (non-hydrogen) atoms. The van der Waals surface area contributed by atoms with Crippen molar-refractivity contribution in [1.29, 1.82) is 0 Å². The van der Waals surface area contributed by atoms with E-state index < -0.39 is 22.0 Å². The van der Waals surface area contributed by atoms with Gasteiger partial charge in [-0.15, -0.1) is 23.7 Å². The predicted octanol–water partition coefficient (Wildman–Crippen LogP) is 0.206. The maximum absolute atomic E-state index is 11.8. The summed E-state index contributed by atoms with van der Waals surface area (Å²) < 4.78 is 25.5. The number of thiazole rings is 1. The molecule has 1 rings (SSSR count). The smallest absolute Gasteiger partial charge is 0.322 e. The molecule has 0 saturated carbocycles. The second-order valence-electron chi connectivity index (χ2n) is 3.12. The number of aryl methyl sites for hydroxylation is 1. The van der Waals surface area contributed by atoms with Gasteiger partial charge in [0.25, 0.3) is 10.0 Å². The third-order valence-electron chi connectivity index (χ3n) is 1.78. The normalized spacial score (nSPS) is 12.9. The summed E-state index contributed by atoms with van der Waals surface area (Å²) in [6.45, 7) is 1.65. The second-order valence-corrected chi connectivity index (χ2v) is 6.29. The number of nitrogens with one attached hydrogen (secondary N) is 1. The van der Waals surface area contributed by atoms with E-state index in [2.05, 4.69) is 10.9 Å². The van der Waals surface area contributed by atoms with Gasteiger partial charge in [0.15, 0.2) is 4.21 Å². The average molecular weight is 274 g/mol. The van der Waals surface area contributed by atoms with Crippen LogP contribution in [0.25, 0.3) is 0 Å². The Morgan fingerprint density at radius 2 is 2.41 bits per heavy atom. The number of rotatable bonds is 5. The van der Waals surface area contributed by atoms with E-state index in [4.69, 9.17) is 11.5 Å². The van der Waals surface area contributed by atoms with Crippen molar-refractivity contribution < 1.29 is 18.3 Å². The maximum atomic E-state index is 11.8. The first-order valence-corrected chi connectivity index (χ1v) is 6.78. The summed E-state index contributed by atoms with van der Waals surface area (Å²) >= 11 is 0.960. The summed E-state index contributed by atoms with van der Waals surface area (Å²) in [6.07, 6.45) is 5.93. The van der Waals surface area contributed by atoms with Crippen LogP contribution in [0.3, 0.4) is 0 Å². The van der Waals surface area contributed by atoms with Gasteiger partial charge in [-0.1, -0.05) is 0 Å². The van der Waals surface area contributed by atoms with Crippen LogP contribution in [0.15, 0.2) is 10.4 Å². The van der Waals surface area contributed by atoms with E-state index in [1.807, 2.05) is 4.72 Å². The molecule has 0 aliphatic rings. The summed E-state index contributed by atoms with van der Waals surface area (Å²) in [5, 5.41) is 9.36. The Kier molecular flexibility index (Phi) is 4.22. The Bertz CT molecular complexity index is 556. The van der Waals surface area contributed by atoms with Crippen LogP contribution in [-0.2, 0) is 14.8 Å². The van der Waals surface area contributed by atoms with Crippen molar-refractivity contribution in [3.05, 3.63) is 11.2 Å². The zero-order chi connectivity index (χ0) is 13.1. The first-order valence-electron chi connectivity index (χ1n) is 4.48. The van der Waals surface area contributed by atoms with Gasteiger partial charge < -0.3 is 5.11 Å². The van der Waals surface area contributed by atoms with Crippen molar-refractivity contribution in [3.63, 3.8) is 0 Å². The van der Waals surface area contributed by atoms with Gasteiger partial charge >= 0.3 is 5.97 Å². The summed E-state index contributed by atoms with van der Waals surface area (Å²) in [4.78, 5) is 14.6. The number of sulfonamides is 1. The lowest BCUT2D eigenvalue weighted by molar-refractivity contribution is -0.138. The highest BCUT2D eigenvalue weighted by Gasteiger charge is 2.25. The van der Waals surface area contributed by atoms with Gasteiger partial charge in [-0.2, -0.15) is 4.72 Å². The molecule has 92 valence electrons. The number of terminal acetylenes is 1. The number of carboxylic acid groups (broad SMARTS) is 1. The minimum atomic E-state index is -3.88. The Balaban J connectivity index is 2.93. The van der Waals surface area contributed by atoms with Crippen molar-refractivity contribution in [1.82, 2.24) is 9.71 Å². The van der Waals surface area contributed by atoms with Gasteiger partial charge in [-0.25, -0.2) is 13.4 Å². The van der Waals surface area contributed by atoms with E-state index in [1.165, 1.54) is 6.20 Å². The SMILES string of the molecule is C#CCC(NS(=O)(=O)c1cnc(C)s1)C(=O)O. The van der Waals surface area contributed by atoms with Gasteiger partial charge in [0.1, 0.15) is 6.04 Å². The minimum Gasteiger partial charge on any atom is -0.480 e. The first-order chi connectivity index (χ1) is 7.86. The molecular weight excluding hydrogens is 264 g/mol. The van der Waals surface area contributed by atoms with Crippen LogP contribution in [-0.4, -0.2) is 30.5 Å². The van der Waals surface area contributed by atoms with Crippen LogP contribution in [0.2, 0.25) is 0 Å². The molecule has 0 aliphatic heterocycles. The van der Waals surface area contributed by atoms with E-state index in [1.54, 1.807) is 6.92 Å². The van der Waals surface area contributed by atoms with Gasteiger partial charge in [0.2, 0.25) is 0 Å². The van der Waals surface area contributed by atoms with E-state index in [0.29, 0.717) is 5.01 Å². The number of carboxylic acids is 1. The fourth-order valence-corrected chi connectivity index (χ4v) is 3.32. The summed E-state index contributed by atoms with van der Waals surface area (Å²) in [7, 11) is -3.88. The van der Waals surface area contributed by atoms with Gasteiger partial charge in [-0.3, -0.25) is 4.79 Å². The number of nitrogens with zero attached hydrogens (tertiary/aromatic N) is 1. The van der Waals surface area contributed by atoms with E-state index in [9.17, 15) is 13.2 Å². The average Bonchev–Trinajstić information content (AvgIpc) is 2.64. The lowest BCUT2D eigenvalue weighted by Gasteiger charge is -2.10. The predicted molar refractivity (Wildman–Crippen MR) is 62.0 cm³/mol. The molecule has 0 radical (unpaired) electrons. The molecule has 0 amide bonds. The first kappa shape index (κ1) is 13.6. The van der Waals surface area contributed by atoms with Crippen LogP contribution in [0.1, 0.15) is 11.4 Å². The topological polar surface area (TPSA) is 96.4 Å². The zero-order valence-corrected chi connectivity index (χ0v) is 10.5. The summed E-state index contributed by atoms with van der Waals surface area (Å²) in [5.74, 6) is 0.796. The van der Waals surface area contributed by atoms with E-state index in [-0.39, 0.29) is 10.6 Å². The summed E-state index contributed by atoms with van der Waals surface area (Å²) in [6, 6.07) is -1.33. The second kappa shape index (κ2) is 5.27. The molecule has 1 atom stereocenters. The standard InChI is InChI=1S/C9H10N2O4S2/c1-3-4-7(9(12)13)11-17(14,15)8-5-10-6(2)16-8/h1,5,7,11H,4H2,2H3,(H,12,13). The monoisotopic (exact) mass is 274 g/mol. The zero-order valence-electron chi connectivity index (χ0n) is 8.87. The molecule has 0 fully saturated rings. The Labute approximate surface area is 103 Å². The van der Waals surface area contributed by atoms with Gasteiger partial charge in [0.05, 0.1) is 11.2 Å². The van der Waals surface area contributed by atoms with Crippen molar-refractivity contribution in [3.8, 4) is 12.3 Å². The number of hydrogen-bond acceptors (Lipinski definition) is 5. The van der Waals surface area contributed by atoms with Crippen molar-refractivity contribution >= 4 is 27.3 Å². The van der Waals surface area contributed by atoms with Gasteiger partial charge in [-0.05, 0) is 6.92 Å². The molecule has 0 bridgehead atoms. The molecule has 1 aromatic rings. The lowest BCUT2D eigenvalue weighted by atomic mass is 10.2. The van der Waals surface area contributed by atoms with Crippen molar-refractivity contribution in [2.75, 3.05) is 0 Å². The fraction of sp³-hybridized carbons (Fsp3) is 0.333. The van der Waals surface area contributed by atoms with Gasteiger partial charge in [0, 0.05) is 6.42 Å². The van der Waals surface area contributed by atoms with Crippen LogP contribution in [0.4, 0.5) is 0 Å². The Hall–Kier alpha value is -1.43. The lowest BCUT2D eigenvalue weighted by Crippen LogP contribution is -2.40. The highest BCUT2D eigenvalue weighted by molar-refractivity contribution is 7.91. The number of aliphatic carboxylic acids is 1. The van der Waals surface area contributed by atoms with Crippen molar-refractivity contribution in [2.45, 2.75) is 23.6 Å². The fourth-order valence-electron chi connectivity index (χ4n) is 1.01. The molecule has 8 heteroatoms. The molecule has 1 unspecified atom stereocenters. The molecule has 1 heterocycles. The number of aromatic nitrogens is 1. The molecule has 1 aromatic heterocycles. The number of carbonyl (C=O) groups is 1. The molecule has 0 spiro atoms. The minimum absolute atomic E-state index is 0.0294. The Morgan fingerprint density at radius 3 is 2.82 bits per heavy atom. The van der Waals surface area contributed by atoms with E-state index in [0.717, 1.165) is 11.3 Å². The summed E-state index contributed by atoms with van der Waals surface area (Å²) in [5.41, 5.74) is 0. The molecule has 0 saturated heterocycles. The quantitative estimate of drug-likeness (QED) is 0.748. The third-order valence-corrected chi connectivity index (χ3v) is 4.63. The molecular formula is C9H10N2O4S2. The highest BCUT2D eigenvalue weighted by atomic mass is 32.2.